The molecule has 4 aromatic carbocycles. The molecule has 0 radical (unpaired) electrons. The van der Waals surface area contributed by atoms with E-state index in [1.54, 1.807) is 12.1 Å². The fourth-order valence-electron chi connectivity index (χ4n) is 4.14. The van der Waals surface area contributed by atoms with Crippen molar-refractivity contribution < 1.29 is 4.42 Å². The Morgan fingerprint density at radius 3 is 2.21 bits per heavy atom. The zero-order chi connectivity index (χ0) is 22.9. The van der Waals surface area contributed by atoms with Crippen molar-refractivity contribution in [3.63, 3.8) is 0 Å². The summed E-state index contributed by atoms with van der Waals surface area (Å²) < 4.78 is 5.87. The summed E-state index contributed by atoms with van der Waals surface area (Å²) in [7, 11) is 0. The number of fused-ring (bicyclic) bond motifs is 2. The molecule has 2 aromatic heterocycles. The van der Waals surface area contributed by atoms with Crippen molar-refractivity contribution in [3.8, 4) is 22.4 Å². The summed E-state index contributed by atoms with van der Waals surface area (Å²) >= 11 is 0. The normalized spacial score (nSPS) is 11.1. The van der Waals surface area contributed by atoms with Gasteiger partial charge in [-0.25, -0.2) is 4.98 Å². The van der Waals surface area contributed by atoms with Gasteiger partial charge in [-0.15, -0.1) is 0 Å². The molecule has 0 bridgehead atoms. The first-order valence-electron chi connectivity index (χ1n) is 11.1. The Hall–Kier alpha value is -4.70. The maximum atomic E-state index is 12.9. The Kier molecular flexibility index (Phi) is 4.89. The van der Waals surface area contributed by atoms with Crippen molar-refractivity contribution in [2.45, 2.75) is 0 Å². The lowest BCUT2D eigenvalue weighted by molar-refractivity contribution is 0.658. The number of para-hydroxylation sites is 1. The number of nitrogens with one attached hydrogen (secondary N) is 1. The summed E-state index contributed by atoms with van der Waals surface area (Å²) in [5, 5.41) is 4.01. The molecule has 0 aliphatic heterocycles. The molecule has 0 fully saturated rings. The van der Waals surface area contributed by atoms with E-state index in [1.165, 1.54) is 5.56 Å². The molecule has 0 atom stereocenters. The van der Waals surface area contributed by atoms with Crippen molar-refractivity contribution in [1.29, 1.82) is 0 Å². The van der Waals surface area contributed by atoms with Gasteiger partial charge in [0.05, 0.1) is 11.1 Å². The highest BCUT2D eigenvalue weighted by molar-refractivity contribution is 5.88. The van der Waals surface area contributed by atoms with Crippen LogP contribution in [0.2, 0.25) is 0 Å². The summed E-state index contributed by atoms with van der Waals surface area (Å²) in [6.45, 7) is 0. The SMILES string of the molecule is O=c1c2ccccc2oc2ccc(-c3ccc(Nc4cccc(-c5ccccc5)c4)cc3)nc12. The topological polar surface area (TPSA) is 55.1 Å². The Morgan fingerprint density at radius 2 is 1.35 bits per heavy atom. The molecule has 6 aromatic rings. The van der Waals surface area contributed by atoms with Gasteiger partial charge in [-0.1, -0.05) is 66.7 Å². The molecule has 2 heterocycles. The monoisotopic (exact) mass is 440 g/mol. The number of pyridine rings is 1. The quantitative estimate of drug-likeness (QED) is 0.290. The zero-order valence-corrected chi connectivity index (χ0v) is 18.2. The molecule has 0 spiro atoms. The summed E-state index contributed by atoms with van der Waals surface area (Å²) in [5.41, 5.74) is 7.28. The molecule has 0 aliphatic carbocycles. The maximum Gasteiger partial charge on any atom is 0.218 e. The lowest BCUT2D eigenvalue weighted by Gasteiger charge is -2.10. The van der Waals surface area contributed by atoms with Crippen molar-refractivity contribution >= 4 is 33.4 Å². The van der Waals surface area contributed by atoms with E-state index in [1.807, 2.05) is 72.8 Å². The Morgan fingerprint density at radius 1 is 0.588 bits per heavy atom. The van der Waals surface area contributed by atoms with Crippen molar-refractivity contribution in [2.24, 2.45) is 0 Å². The first kappa shape index (κ1) is 19.9. The third-order valence-electron chi connectivity index (χ3n) is 5.86. The molecule has 4 nitrogen and oxygen atoms in total. The van der Waals surface area contributed by atoms with Gasteiger partial charge in [-0.05, 0) is 59.7 Å². The fourth-order valence-corrected chi connectivity index (χ4v) is 4.14. The molecule has 34 heavy (non-hydrogen) atoms. The van der Waals surface area contributed by atoms with Crippen LogP contribution < -0.4 is 10.7 Å². The minimum absolute atomic E-state index is 0.115. The number of hydrogen-bond donors (Lipinski definition) is 1. The summed E-state index contributed by atoms with van der Waals surface area (Å²) in [5.74, 6) is 0. The fraction of sp³-hybridized carbons (Fsp3) is 0. The average Bonchev–Trinajstić information content (AvgIpc) is 2.90. The maximum absolute atomic E-state index is 12.9. The highest BCUT2D eigenvalue weighted by atomic mass is 16.3. The number of anilines is 2. The van der Waals surface area contributed by atoms with Crippen molar-refractivity contribution in [3.05, 3.63) is 125 Å². The molecule has 0 saturated carbocycles. The number of rotatable bonds is 4. The molecule has 0 amide bonds. The zero-order valence-electron chi connectivity index (χ0n) is 18.2. The summed E-state index contributed by atoms with van der Waals surface area (Å²) in [6, 6.07) is 37.6. The second-order valence-electron chi connectivity index (χ2n) is 8.12. The minimum atomic E-state index is -0.115. The van der Waals surface area contributed by atoms with E-state index >= 15 is 0 Å². The van der Waals surface area contributed by atoms with Gasteiger partial charge in [0.1, 0.15) is 5.58 Å². The van der Waals surface area contributed by atoms with Gasteiger partial charge in [0, 0.05) is 16.9 Å². The van der Waals surface area contributed by atoms with E-state index in [2.05, 4.69) is 40.6 Å². The smallest absolute Gasteiger partial charge is 0.218 e. The largest absolute Gasteiger partial charge is 0.454 e. The predicted octanol–water partition coefficient (Wildman–Crippen LogP) is 7.42. The van der Waals surface area contributed by atoms with Crippen LogP contribution in [0.25, 0.3) is 44.5 Å². The van der Waals surface area contributed by atoms with Crippen LogP contribution in [0.5, 0.6) is 0 Å². The van der Waals surface area contributed by atoms with Crippen LogP contribution in [0.15, 0.2) is 124 Å². The molecule has 6 rings (SSSR count). The second kappa shape index (κ2) is 8.34. The third-order valence-corrected chi connectivity index (χ3v) is 5.86. The number of benzene rings is 4. The van der Waals surface area contributed by atoms with Gasteiger partial charge in [0.15, 0.2) is 11.1 Å². The molecule has 1 N–H and O–H groups in total. The summed E-state index contributed by atoms with van der Waals surface area (Å²) in [6.07, 6.45) is 0. The Labute approximate surface area is 196 Å². The lowest BCUT2D eigenvalue weighted by Crippen LogP contribution is -2.04. The van der Waals surface area contributed by atoms with E-state index in [0.29, 0.717) is 22.1 Å². The van der Waals surface area contributed by atoms with Crippen LogP contribution in [-0.2, 0) is 0 Å². The van der Waals surface area contributed by atoms with Crippen LogP contribution in [-0.4, -0.2) is 4.98 Å². The Bertz CT molecular complexity index is 1690. The van der Waals surface area contributed by atoms with E-state index in [9.17, 15) is 4.79 Å². The molecule has 0 unspecified atom stereocenters. The van der Waals surface area contributed by atoms with Crippen LogP contribution >= 0.6 is 0 Å². The first-order chi connectivity index (χ1) is 16.7. The molecule has 162 valence electrons. The Balaban J connectivity index is 1.29. The van der Waals surface area contributed by atoms with Gasteiger partial charge in [-0.3, -0.25) is 4.79 Å². The lowest BCUT2D eigenvalue weighted by atomic mass is 10.1. The van der Waals surface area contributed by atoms with Gasteiger partial charge >= 0.3 is 0 Å². The van der Waals surface area contributed by atoms with Gasteiger partial charge in [0.25, 0.3) is 0 Å². The van der Waals surface area contributed by atoms with Crippen molar-refractivity contribution in [2.75, 3.05) is 5.32 Å². The van der Waals surface area contributed by atoms with Crippen molar-refractivity contribution in [1.82, 2.24) is 4.98 Å². The van der Waals surface area contributed by atoms with Gasteiger partial charge in [0.2, 0.25) is 5.43 Å². The molecular formula is C30H20N2O2. The molecule has 4 heteroatoms. The van der Waals surface area contributed by atoms with Crippen LogP contribution in [0, 0.1) is 0 Å². The predicted molar refractivity (Wildman–Crippen MR) is 138 cm³/mol. The molecular weight excluding hydrogens is 420 g/mol. The highest BCUT2D eigenvalue weighted by Gasteiger charge is 2.10. The summed E-state index contributed by atoms with van der Waals surface area (Å²) in [4.78, 5) is 17.6. The minimum Gasteiger partial charge on any atom is -0.454 e. The van der Waals surface area contributed by atoms with Crippen LogP contribution in [0.1, 0.15) is 0 Å². The standard InChI is InChI=1S/C30H20N2O2/c33-30-25-11-4-5-12-27(25)34-28-18-17-26(32-29(28)30)21-13-15-23(16-14-21)31-24-10-6-9-22(19-24)20-7-2-1-3-8-20/h1-19,31H. The molecule has 0 aliphatic rings. The highest BCUT2D eigenvalue weighted by Crippen LogP contribution is 2.27. The van der Waals surface area contributed by atoms with E-state index in [-0.39, 0.29) is 5.43 Å². The third kappa shape index (κ3) is 3.71. The van der Waals surface area contributed by atoms with Gasteiger partial charge < -0.3 is 9.73 Å². The second-order valence-corrected chi connectivity index (χ2v) is 8.12. The van der Waals surface area contributed by atoms with E-state index in [4.69, 9.17) is 4.42 Å². The van der Waals surface area contributed by atoms with E-state index < -0.39 is 0 Å². The van der Waals surface area contributed by atoms with Crippen LogP contribution in [0.3, 0.4) is 0 Å². The van der Waals surface area contributed by atoms with Gasteiger partial charge in [-0.2, -0.15) is 0 Å². The number of nitrogens with zero attached hydrogens (tertiary/aromatic N) is 1. The van der Waals surface area contributed by atoms with E-state index in [0.717, 1.165) is 28.2 Å². The number of hydrogen-bond acceptors (Lipinski definition) is 4. The first-order valence-corrected chi connectivity index (χ1v) is 11.1. The molecule has 0 saturated heterocycles. The van der Waals surface area contributed by atoms with Crippen LogP contribution in [0.4, 0.5) is 11.4 Å². The number of aromatic nitrogens is 1. The average molecular weight is 441 g/mol.